The molecule has 0 fully saturated rings. The number of aromatic nitrogens is 2. The Kier molecular flexibility index (Phi) is 2.88. The van der Waals surface area contributed by atoms with Gasteiger partial charge in [0.1, 0.15) is 17.8 Å². The number of methoxy groups -OCH3 is 1. The van der Waals surface area contributed by atoms with Crippen LogP contribution in [0.5, 0.6) is 0 Å². The van der Waals surface area contributed by atoms with E-state index >= 15 is 0 Å². The number of ether oxygens (including phenoxy) is 1. The van der Waals surface area contributed by atoms with Crippen molar-refractivity contribution >= 4 is 11.6 Å². The van der Waals surface area contributed by atoms with Crippen molar-refractivity contribution in [2.24, 2.45) is 0 Å². The molecular weight excluding hydrogens is 204 g/mol. The second-order valence-electron chi connectivity index (χ2n) is 3.13. The summed E-state index contributed by atoms with van der Waals surface area (Å²) in [4.78, 5) is 15.0. The molecule has 2 aromatic heterocycles. The molecule has 4 heteroatoms. The van der Waals surface area contributed by atoms with Crippen molar-refractivity contribution in [2.75, 3.05) is 7.11 Å². The first-order chi connectivity index (χ1) is 7.81. The Labute approximate surface area is 92.9 Å². The van der Waals surface area contributed by atoms with Crippen LogP contribution >= 0.6 is 0 Å². The van der Waals surface area contributed by atoms with Crippen LogP contribution in [0.3, 0.4) is 0 Å². The Morgan fingerprint density at radius 3 is 3.25 bits per heavy atom. The SMILES string of the molecule is COC(=O)CC#Cc1cnc2ccccn12. The highest BCUT2D eigenvalue weighted by molar-refractivity contribution is 5.72. The summed E-state index contributed by atoms with van der Waals surface area (Å²) >= 11 is 0. The average molecular weight is 214 g/mol. The van der Waals surface area contributed by atoms with Gasteiger partial charge in [0.05, 0.1) is 13.3 Å². The zero-order valence-corrected chi connectivity index (χ0v) is 8.80. The molecule has 0 radical (unpaired) electrons. The fourth-order valence-electron chi connectivity index (χ4n) is 1.30. The first-order valence-electron chi connectivity index (χ1n) is 4.79. The van der Waals surface area contributed by atoms with E-state index in [-0.39, 0.29) is 12.4 Å². The van der Waals surface area contributed by atoms with Crippen LogP contribution in [0.1, 0.15) is 12.1 Å². The highest BCUT2D eigenvalue weighted by Crippen LogP contribution is 2.04. The molecule has 0 N–H and O–H groups in total. The lowest BCUT2D eigenvalue weighted by atomic mass is 10.4. The maximum Gasteiger partial charge on any atom is 0.317 e. The van der Waals surface area contributed by atoms with Crippen LogP contribution in [0.15, 0.2) is 30.6 Å². The maximum absolute atomic E-state index is 10.9. The molecule has 0 bridgehead atoms. The monoisotopic (exact) mass is 214 g/mol. The highest BCUT2D eigenvalue weighted by Gasteiger charge is 1.98. The normalized spacial score (nSPS) is 9.56. The van der Waals surface area contributed by atoms with E-state index in [1.165, 1.54) is 7.11 Å². The Morgan fingerprint density at radius 2 is 2.44 bits per heavy atom. The van der Waals surface area contributed by atoms with Gasteiger partial charge in [0.25, 0.3) is 0 Å². The zero-order chi connectivity index (χ0) is 11.4. The minimum atomic E-state index is -0.332. The lowest BCUT2D eigenvalue weighted by Gasteiger charge is -1.92. The molecular formula is C12H10N2O2. The standard InChI is InChI=1S/C12H10N2O2/c1-16-12(15)7-4-5-10-9-13-11-6-2-3-8-14(10)11/h2-3,6,8-9H,7H2,1H3. The average Bonchev–Trinajstić information content (AvgIpc) is 2.73. The number of imidazole rings is 1. The molecule has 4 nitrogen and oxygen atoms in total. The number of carbonyl (C=O) groups is 1. The Bertz CT molecular complexity index is 575. The molecule has 0 aromatic carbocycles. The Morgan fingerprint density at radius 1 is 1.56 bits per heavy atom. The number of pyridine rings is 1. The number of hydrogen-bond acceptors (Lipinski definition) is 3. The number of nitrogens with zero attached hydrogens (tertiary/aromatic N) is 2. The number of fused-ring (bicyclic) bond motifs is 1. The molecule has 80 valence electrons. The Hall–Kier alpha value is -2.28. The minimum Gasteiger partial charge on any atom is -0.468 e. The summed E-state index contributed by atoms with van der Waals surface area (Å²) in [6, 6.07) is 5.71. The van der Waals surface area contributed by atoms with E-state index in [0.717, 1.165) is 11.3 Å². The molecule has 2 heterocycles. The quantitative estimate of drug-likeness (QED) is 0.530. The van der Waals surface area contributed by atoms with Gasteiger partial charge in [-0.05, 0) is 18.1 Å². The lowest BCUT2D eigenvalue weighted by Crippen LogP contribution is -1.97. The van der Waals surface area contributed by atoms with E-state index in [2.05, 4.69) is 21.6 Å². The minimum absolute atomic E-state index is 0.0938. The molecule has 0 atom stereocenters. The van der Waals surface area contributed by atoms with Crippen LogP contribution in [0, 0.1) is 11.8 Å². The van der Waals surface area contributed by atoms with Crippen LogP contribution in [0.2, 0.25) is 0 Å². The highest BCUT2D eigenvalue weighted by atomic mass is 16.5. The first-order valence-corrected chi connectivity index (χ1v) is 4.79. The van der Waals surface area contributed by atoms with Crippen molar-refractivity contribution in [1.29, 1.82) is 0 Å². The summed E-state index contributed by atoms with van der Waals surface area (Å²) in [6.07, 6.45) is 3.65. The predicted molar refractivity (Wildman–Crippen MR) is 58.7 cm³/mol. The van der Waals surface area contributed by atoms with Gasteiger partial charge >= 0.3 is 5.97 Å². The van der Waals surface area contributed by atoms with Crippen LogP contribution in [0.4, 0.5) is 0 Å². The van der Waals surface area contributed by atoms with Gasteiger partial charge in [0.2, 0.25) is 0 Å². The fraction of sp³-hybridized carbons (Fsp3) is 0.167. The maximum atomic E-state index is 10.9. The summed E-state index contributed by atoms with van der Waals surface area (Å²) in [5.74, 6) is 5.30. The van der Waals surface area contributed by atoms with Crippen LogP contribution < -0.4 is 0 Å². The van der Waals surface area contributed by atoms with Crippen molar-refractivity contribution in [3.8, 4) is 11.8 Å². The summed E-state index contributed by atoms with van der Waals surface area (Å²) < 4.78 is 6.36. The molecule has 0 aliphatic carbocycles. The molecule has 0 aliphatic heterocycles. The summed E-state index contributed by atoms with van der Waals surface area (Å²) in [5, 5.41) is 0. The third-order valence-electron chi connectivity index (χ3n) is 2.09. The van der Waals surface area contributed by atoms with Gasteiger partial charge < -0.3 is 4.74 Å². The third kappa shape index (κ3) is 2.04. The first kappa shape index (κ1) is 10.2. The molecule has 0 saturated carbocycles. The van der Waals surface area contributed by atoms with Crippen LogP contribution in [0.25, 0.3) is 5.65 Å². The third-order valence-corrected chi connectivity index (χ3v) is 2.09. The molecule has 0 spiro atoms. The molecule has 0 aliphatic rings. The largest absolute Gasteiger partial charge is 0.468 e. The van der Waals surface area contributed by atoms with E-state index in [0.29, 0.717) is 0 Å². The van der Waals surface area contributed by atoms with Crippen molar-refractivity contribution in [1.82, 2.24) is 9.38 Å². The molecule has 0 saturated heterocycles. The van der Waals surface area contributed by atoms with Crippen molar-refractivity contribution in [3.63, 3.8) is 0 Å². The summed E-state index contributed by atoms with van der Waals surface area (Å²) in [5.41, 5.74) is 1.60. The van der Waals surface area contributed by atoms with Gasteiger partial charge in [0.15, 0.2) is 0 Å². The summed E-state index contributed by atoms with van der Waals surface area (Å²) in [6.45, 7) is 0. The van der Waals surface area contributed by atoms with Crippen molar-refractivity contribution in [3.05, 3.63) is 36.3 Å². The molecule has 0 unspecified atom stereocenters. The Balaban J connectivity index is 2.24. The van der Waals surface area contributed by atoms with Gasteiger partial charge in [-0.2, -0.15) is 0 Å². The van der Waals surface area contributed by atoms with Gasteiger partial charge in [-0.1, -0.05) is 12.0 Å². The number of carbonyl (C=O) groups excluding carboxylic acids is 1. The predicted octanol–water partition coefficient (Wildman–Crippen LogP) is 1.25. The van der Waals surface area contributed by atoms with E-state index < -0.39 is 0 Å². The van der Waals surface area contributed by atoms with Crippen LogP contribution in [-0.4, -0.2) is 22.5 Å². The topological polar surface area (TPSA) is 43.6 Å². The fourth-order valence-corrected chi connectivity index (χ4v) is 1.30. The van der Waals surface area contributed by atoms with Gasteiger partial charge in [-0.15, -0.1) is 0 Å². The van der Waals surface area contributed by atoms with Gasteiger partial charge in [0, 0.05) is 6.20 Å². The van der Waals surface area contributed by atoms with E-state index in [9.17, 15) is 4.79 Å². The second-order valence-corrected chi connectivity index (χ2v) is 3.13. The number of esters is 1. The number of rotatable bonds is 1. The molecule has 2 aromatic rings. The van der Waals surface area contributed by atoms with Gasteiger partial charge in [-0.3, -0.25) is 9.20 Å². The van der Waals surface area contributed by atoms with Crippen LogP contribution in [-0.2, 0) is 9.53 Å². The zero-order valence-electron chi connectivity index (χ0n) is 8.80. The molecule has 2 rings (SSSR count). The number of hydrogen-bond donors (Lipinski definition) is 0. The molecule has 0 amide bonds. The van der Waals surface area contributed by atoms with E-state index in [1.807, 2.05) is 28.8 Å². The van der Waals surface area contributed by atoms with E-state index in [4.69, 9.17) is 0 Å². The lowest BCUT2D eigenvalue weighted by molar-refractivity contribution is -0.139. The van der Waals surface area contributed by atoms with Crippen molar-refractivity contribution < 1.29 is 9.53 Å². The van der Waals surface area contributed by atoms with E-state index in [1.54, 1.807) is 6.20 Å². The van der Waals surface area contributed by atoms with Crippen molar-refractivity contribution in [2.45, 2.75) is 6.42 Å². The second kappa shape index (κ2) is 4.49. The smallest absolute Gasteiger partial charge is 0.317 e. The summed E-state index contributed by atoms with van der Waals surface area (Å²) in [7, 11) is 1.35. The molecule has 16 heavy (non-hydrogen) atoms. The van der Waals surface area contributed by atoms with Gasteiger partial charge in [-0.25, -0.2) is 4.98 Å².